The fourth-order valence-corrected chi connectivity index (χ4v) is 2.42. The van der Waals surface area contributed by atoms with Gasteiger partial charge in [-0.15, -0.1) is 0 Å². The maximum absolute atomic E-state index is 6.18. The van der Waals surface area contributed by atoms with Crippen molar-refractivity contribution < 1.29 is 0 Å². The molecule has 1 fully saturated rings. The van der Waals surface area contributed by atoms with Crippen LogP contribution in [0.15, 0.2) is 24.3 Å². The molecule has 0 radical (unpaired) electrons. The van der Waals surface area contributed by atoms with Gasteiger partial charge in [0.15, 0.2) is 0 Å². The molecule has 2 unspecified atom stereocenters. The third kappa shape index (κ3) is 2.71. The third-order valence-electron chi connectivity index (χ3n) is 3.08. The summed E-state index contributed by atoms with van der Waals surface area (Å²) in [5, 5.41) is 4.18. The van der Waals surface area contributed by atoms with Gasteiger partial charge < -0.3 is 11.1 Å². The summed E-state index contributed by atoms with van der Waals surface area (Å²) in [6.45, 7) is 2.07. The van der Waals surface area contributed by atoms with Crippen LogP contribution in [0.2, 0.25) is 5.02 Å². The van der Waals surface area contributed by atoms with E-state index < -0.39 is 0 Å². The summed E-state index contributed by atoms with van der Waals surface area (Å²) in [5.74, 6) is 0.443. The van der Waals surface area contributed by atoms with Crippen LogP contribution in [0.5, 0.6) is 0 Å². The first-order valence-corrected chi connectivity index (χ1v) is 5.87. The van der Waals surface area contributed by atoms with Crippen LogP contribution in [-0.4, -0.2) is 19.1 Å². The zero-order valence-corrected chi connectivity index (χ0v) is 9.50. The molecule has 1 saturated heterocycles. The minimum atomic E-state index is 0.249. The van der Waals surface area contributed by atoms with Crippen LogP contribution >= 0.6 is 11.6 Å². The first-order valence-electron chi connectivity index (χ1n) is 5.49. The van der Waals surface area contributed by atoms with Gasteiger partial charge in [-0.3, -0.25) is 0 Å². The van der Waals surface area contributed by atoms with Gasteiger partial charge in [0.05, 0.1) is 0 Å². The molecular weight excluding hydrogens is 208 g/mol. The Morgan fingerprint density at radius 2 is 2.07 bits per heavy atom. The van der Waals surface area contributed by atoms with Crippen LogP contribution in [-0.2, 0) is 0 Å². The van der Waals surface area contributed by atoms with E-state index in [0.717, 1.165) is 31.0 Å². The second kappa shape index (κ2) is 4.97. The van der Waals surface area contributed by atoms with Crippen LogP contribution in [0.1, 0.15) is 24.3 Å². The largest absolute Gasteiger partial charge is 0.327 e. The first-order chi connectivity index (χ1) is 7.27. The second-order valence-electron chi connectivity index (χ2n) is 4.15. The predicted octanol–water partition coefficient (Wildman–Crippen LogP) is 2.13. The molecule has 1 heterocycles. The molecule has 2 nitrogen and oxygen atoms in total. The molecule has 2 rings (SSSR count). The van der Waals surface area contributed by atoms with Crippen LogP contribution in [0.3, 0.4) is 0 Å². The van der Waals surface area contributed by atoms with E-state index in [1.54, 1.807) is 0 Å². The summed E-state index contributed by atoms with van der Waals surface area (Å²) >= 11 is 6.00. The van der Waals surface area contributed by atoms with Crippen molar-refractivity contribution in [3.63, 3.8) is 0 Å². The Kier molecular flexibility index (Phi) is 3.62. The highest BCUT2D eigenvalue weighted by molar-refractivity contribution is 6.30. The summed E-state index contributed by atoms with van der Waals surface area (Å²) < 4.78 is 0. The lowest BCUT2D eigenvalue weighted by atomic mass is 9.88. The molecule has 1 aromatic rings. The first kappa shape index (κ1) is 10.9. The maximum atomic E-state index is 6.18. The predicted molar refractivity (Wildman–Crippen MR) is 64.3 cm³/mol. The van der Waals surface area contributed by atoms with Gasteiger partial charge in [0.1, 0.15) is 0 Å². The van der Waals surface area contributed by atoms with E-state index in [1.165, 1.54) is 5.56 Å². The van der Waals surface area contributed by atoms with Crippen molar-refractivity contribution >= 4 is 11.6 Å². The summed E-state index contributed by atoms with van der Waals surface area (Å²) in [5.41, 5.74) is 7.45. The Morgan fingerprint density at radius 1 is 1.27 bits per heavy atom. The maximum Gasteiger partial charge on any atom is 0.0408 e. The van der Waals surface area contributed by atoms with Crippen LogP contribution in [0, 0.1) is 0 Å². The Hall–Kier alpha value is -0.570. The molecule has 0 bridgehead atoms. The van der Waals surface area contributed by atoms with E-state index >= 15 is 0 Å². The Labute approximate surface area is 95.8 Å². The molecule has 3 heteroatoms. The van der Waals surface area contributed by atoms with E-state index in [0.29, 0.717) is 5.92 Å². The van der Waals surface area contributed by atoms with Crippen LogP contribution in [0.4, 0.5) is 0 Å². The molecular formula is C12H17ClN2. The quantitative estimate of drug-likeness (QED) is 0.767. The monoisotopic (exact) mass is 224 g/mol. The minimum absolute atomic E-state index is 0.249. The lowest BCUT2D eigenvalue weighted by Crippen LogP contribution is -2.28. The summed E-state index contributed by atoms with van der Waals surface area (Å²) in [6, 6.07) is 8.33. The lowest BCUT2D eigenvalue weighted by molar-refractivity contribution is 0.518. The molecule has 3 N–H and O–H groups in total. The van der Waals surface area contributed by atoms with E-state index in [2.05, 4.69) is 11.4 Å². The highest BCUT2D eigenvalue weighted by Crippen LogP contribution is 2.27. The van der Waals surface area contributed by atoms with Gasteiger partial charge >= 0.3 is 0 Å². The van der Waals surface area contributed by atoms with Crippen molar-refractivity contribution in [2.45, 2.75) is 24.8 Å². The number of nitrogens with one attached hydrogen (secondary N) is 1. The second-order valence-corrected chi connectivity index (χ2v) is 4.59. The van der Waals surface area contributed by atoms with E-state index in [-0.39, 0.29) is 6.04 Å². The van der Waals surface area contributed by atoms with Gasteiger partial charge in [-0.05, 0) is 43.6 Å². The van der Waals surface area contributed by atoms with Crippen LogP contribution < -0.4 is 11.1 Å². The number of rotatable bonds is 1. The van der Waals surface area contributed by atoms with E-state index in [1.807, 2.05) is 18.2 Å². The molecule has 0 amide bonds. The SMILES string of the molecule is NC1CCNCCC1c1cccc(Cl)c1. The molecule has 15 heavy (non-hydrogen) atoms. The van der Waals surface area contributed by atoms with Crippen molar-refractivity contribution in [3.8, 4) is 0 Å². The van der Waals surface area contributed by atoms with Gasteiger partial charge in [0, 0.05) is 17.0 Å². The topological polar surface area (TPSA) is 38.0 Å². The Morgan fingerprint density at radius 3 is 2.87 bits per heavy atom. The molecule has 1 aromatic carbocycles. The van der Waals surface area contributed by atoms with Crippen LogP contribution in [0.25, 0.3) is 0 Å². The van der Waals surface area contributed by atoms with Gasteiger partial charge in [-0.2, -0.15) is 0 Å². The molecule has 82 valence electrons. The highest BCUT2D eigenvalue weighted by atomic mass is 35.5. The third-order valence-corrected chi connectivity index (χ3v) is 3.32. The number of hydrogen-bond donors (Lipinski definition) is 2. The van der Waals surface area contributed by atoms with Crippen molar-refractivity contribution in [3.05, 3.63) is 34.9 Å². The molecule has 0 spiro atoms. The molecule has 0 aliphatic carbocycles. The zero-order chi connectivity index (χ0) is 10.7. The normalized spacial score (nSPS) is 27.3. The lowest BCUT2D eigenvalue weighted by Gasteiger charge is -2.21. The highest BCUT2D eigenvalue weighted by Gasteiger charge is 2.21. The number of hydrogen-bond acceptors (Lipinski definition) is 2. The molecule has 0 saturated carbocycles. The standard InChI is InChI=1S/C12H17ClN2/c13-10-3-1-2-9(8-10)11-4-6-15-7-5-12(11)14/h1-3,8,11-12,15H,4-7,14H2. The number of nitrogens with two attached hydrogens (primary N) is 1. The fraction of sp³-hybridized carbons (Fsp3) is 0.500. The summed E-state index contributed by atoms with van der Waals surface area (Å²) in [6.07, 6.45) is 2.14. The average Bonchev–Trinajstić information content (AvgIpc) is 2.43. The van der Waals surface area contributed by atoms with E-state index in [4.69, 9.17) is 17.3 Å². The number of benzene rings is 1. The zero-order valence-electron chi connectivity index (χ0n) is 8.75. The Balaban J connectivity index is 2.20. The van der Waals surface area contributed by atoms with Gasteiger partial charge in [0.2, 0.25) is 0 Å². The van der Waals surface area contributed by atoms with Gasteiger partial charge in [-0.1, -0.05) is 23.7 Å². The molecule has 1 aliphatic heterocycles. The van der Waals surface area contributed by atoms with E-state index in [9.17, 15) is 0 Å². The van der Waals surface area contributed by atoms with Crippen molar-refractivity contribution in [2.24, 2.45) is 5.73 Å². The summed E-state index contributed by atoms with van der Waals surface area (Å²) in [7, 11) is 0. The Bertz CT molecular complexity index is 327. The fourth-order valence-electron chi connectivity index (χ4n) is 2.22. The van der Waals surface area contributed by atoms with Crippen molar-refractivity contribution in [1.82, 2.24) is 5.32 Å². The smallest absolute Gasteiger partial charge is 0.0408 e. The summed E-state index contributed by atoms with van der Waals surface area (Å²) in [4.78, 5) is 0. The average molecular weight is 225 g/mol. The van der Waals surface area contributed by atoms with Crippen molar-refractivity contribution in [1.29, 1.82) is 0 Å². The molecule has 0 aromatic heterocycles. The number of halogens is 1. The van der Waals surface area contributed by atoms with Crippen molar-refractivity contribution in [2.75, 3.05) is 13.1 Å². The van der Waals surface area contributed by atoms with Gasteiger partial charge in [0.25, 0.3) is 0 Å². The van der Waals surface area contributed by atoms with Gasteiger partial charge in [-0.25, -0.2) is 0 Å². The minimum Gasteiger partial charge on any atom is -0.327 e. The molecule has 1 aliphatic rings. The molecule has 2 atom stereocenters.